The molecule has 17 heavy (non-hydrogen) atoms. The summed E-state index contributed by atoms with van der Waals surface area (Å²) in [5, 5.41) is -0.134. The number of aromatic nitrogens is 2. The van der Waals surface area contributed by atoms with Crippen molar-refractivity contribution in [1.29, 1.82) is 0 Å². The molecule has 0 aliphatic heterocycles. The quantitative estimate of drug-likeness (QED) is 0.628. The molecule has 0 saturated carbocycles. The lowest BCUT2D eigenvalue weighted by atomic mass is 10.1. The van der Waals surface area contributed by atoms with Gasteiger partial charge in [-0.25, -0.2) is 4.98 Å². The van der Waals surface area contributed by atoms with Crippen LogP contribution in [0.2, 0.25) is 0 Å². The van der Waals surface area contributed by atoms with Gasteiger partial charge < -0.3 is 0 Å². The summed E-state index contributed by atoms with van der Waals surface area (Å²) in [5.74, 6) is 0.130. The van der Waals surface area contributed by atoms with Gasteiger partial charge in [0, 0.05) is 5.56 Å². The molecule has 0 aliphatic rings. The third-order valence-corrected chi connectivity index (χ3v) is 4.17. The largest absolute Gasteiger partial charge is 0.293 e. The highest BCUT2D eigenvalue weighted by atomic mass is 32.2. The van der Waals surface area contributed by atoms with Gasteiger partial charge >= 0.3 is 0 Å². The van der Waals surface area contributed by atoms with Crippen molar-refractivity contribution in [3.05, 3.63) is 41.7 Å². The van der Waals surface area contributed by atoms with Crippen LogP contribution in [0.1, 0.15) is 22.8 Å². The lowest BCUT2D eigenvalue weighted by Crippen LogP contribution is -2.13. The second-order valence-electron chi connectivity index (χ2n) is 3.70. The van der Waals surface area contributed by atoms with Gasteiger partial charge in [-0.1, -0.05) is 41.6 Å². The first-order chi connectivity index (χ1) is 8.16. The van der Waals surface area contributed by atoms with Gasteiger partial charge in [-0.05, 0) is 25.4 Å². The number of Topliss-reactive ketones (excluding diaryl/α,β-unsaturated/α-hetero) is 1. The number of rotatable bonds is 4. The first-order valence-corrected chi connectivity index (χ1v) is 6.86. The second kappa shape index (κ2) is 5.42. The number of benzene rings is 1. The molecule has 3 nitrogen and oxygen atoms in total. The maximum atomic E-state index is 12.1. The Morgan fingerprint density at radius 2 is 2.06 bits per heavy atom. The third-order valence-electron chi connectivity index (χ3n) is 2.32. The molecule has 5 heteroatoms. The van der Waals surface area contributed by atoms with Crippen molar-refractivity contribution in [3.63, 3.8) is 0 Å². The van der Waals surface area contributed by atoms with E-state index >= 15 is 0 Å². The van der Waals surface area contributed by atoms with Crippen molar-refractivity contribution in [3.8, 4) is 0 Å². The molecule has 0 fully saturated rings. The normalized spacial score (nSPS) is 12.4. The number of aryl methyl sites for hydroxylation is 1. The lowest BCUT2D eigenvalue weighted by Gasteiger charge is -2.07. The number of thioether (sulfide) groups is 1. The Kier molecular flexibility index (Phi) is 3.91. The summed E-state index contributed by atoms with van der Waals surface area (Å²) in [6, 6.07) is 7.65. The second-order valence-corrected chi connectivity index (χ2v) is 6.07. The molecule has 1 aromatic carbocycles. The van der Waals surface area contributed by atoms with Crippen LogP contribution in [0.15, 0.2) is 34.9 Å². The Morgan fingerprint density at radius 3 is 2.65 bits per heavy atom. The van der Waals surface area contributed by atoms with Crippen LogP contribution < -0.4 is 0 Å². The minimum Gasteiger partial charge on any atom is -0.293 e. The number of carbonyl (C=O) groups excluding carboxylic acids is 1. The van der Waals surface area contributed by atoms with Crippen molar-refractivity contribution in [2.75, 3.05) is 0 Å². The van der Waals surface area contributed by atoms with E-state index in [1.807, 2.05) is 38.1 Å². The van der Waals surface area contributed by atoms with Crippen LogP contribution in [0.25, 0.3) is 0 Å². The van der Waals surface area contributed by atoms with Crippen LogP contribution >= 0.6 is 23.3 Å². The summed E-state index contributed by atoms with van der Waals surface area (Å²) in [4.78, 5) is 16.2. The van der Waals surface area contributed by atoms with Gasteiger partial charge in [0.1, 0.15) is 6.33 Å². The van der Waals surface area contributed by atoms with Crippen LogP contribution in [0.5, 0.6) is 0 Å². The summed E-state index contributed by atoms with van der Waals surface area (Å²) >= 11 is 2.77. The van der Waals surface area contributed by atoms with Gasteiger partial charge in [0.05, 0.1) is 5.25 Å². The topological polar surface area (TPSA) is 42.9 Å². The molecule has 88 valence electrons. The van der Waals surface area contributed by atoms with E-state index in [0.29, 0.717) is 0 Å². The van der Waals surface area contributed by atoms with Gasteiger partial charge in [-0.15, -0.1) is 0 Å². The number of carbonyl (C=O) groups is 1. The highest BCUT2D eigenvalue weighted by Crippen LogP contribution is 2.26. The Hall–Kier alpha value is -1.20. The van der Waals surface area contributed by atoms with Gasteiger partial charge in [-0.3, -0.25) is 4.79 Å². The molecule has 2 rings (SSSR count). The highest BCUT2D eigenvalue weighted by molar-refractivity contribution is 8.02. The van der Waals surface area contributed by atoms with E-state index in [0.717, 1.165) is 15.5 Å². The molecular weight excluding hydrogens is 252 g/mol. The van der Waals surface area contributed by atoms with Gasteiger partial charge in [0.15, 0.2) is 10.1 Å². The molecule has 0 N–H and O–H groups in total. The van der Waals surface area contributed by atoms with Crippen molar-refractivity contribution in [2.45, 2.75) is 23.4 Å². The van der Waals surface area contributed by atoms with Gasteiger partial charge in [0.2, 0.25) is 0 Å². The minimum absolute atomic E-state index is 0.130. The summed E-state index contributed by atoms with van der Waals surface area (Å²) in [5.41, 5.74) is 1.91. The summed E-state index contributed by atoms with van der Waals surface area (Å²) in [6.45, 7) is 3.90. The first-order valence-electron chi connectivity index (χ1n) is 5.21. The molecule has 1 heterocycles. The van der Waals surface area contributed by atoms with Gasteiger partial charge in [-0.2, -0.15) is 4.37 Å². The standard InChI is InChI=1S/C12H12N2OS2/c1-8-3-5-10(6-4-8)11(15)9(2)16-12-13-7-14-17-12/h3-7,9H,1-2H3. The Bertz CT molecular complexity index is 494. The van der Waals surface area contributed by atoms with Crippen molar-refractivity contribution in [1.82, 2.24) is 9.36 Å². The van der Waals surface area contributed by atoms with Crippen molar-refractivity contribution >= 4 is 29.1 Å². The molecule has 1 atom stereocenters. The number of hydrogen-bond acceptors (Lipinski definition) is 5. The fourth-order valence-corrected chi connectivity index (χ4v) is 3.04. The zero-order chi connectivity index (χ0) is 12.3. The predicted molar refractivity (Wildman–Crippen MR) is 70.7 cm³/mol. The lowest BCUT2D eigenvalue weighted by molar-refractivity contribution is 0.0994. The Labute approximate surface area is 108 Å². The van der Waals surface area contributed by atoms with Crippen LogP contribution in [0, 0.1) is 6.92 Å². The van der Waals surface area contributed by atoms with Crippen molar-refractivity contribution < 1.29 is 4.79 Å². The fraction of sp³-hybridized carbons (Fsp3) is 0.250. The third kappa shape index (κ3) is 3.14. The summed E-state index contributed by atoms with van der Waals surface area (Å²) in [6.07, 6.45) is 1.51. The molecule has 1 aromatic heterocycles. The fourth-order valence-electron chi connectivity index (χ4n) is 1.37. The zero-order valence-electron chi connectivity index (χ0n) is 9.58. The molecule has 2 aromatic rings. The predicted octanol–water partition coefficient (Wildman–Crippen LogP) is 3.21. The molecule has 0 radical (unpaired) electrons. The highest BCUT2D eigenvalue weighted by Gasteiger charge is 2.17. The summed E-state index contributed by atoms with van der Waals surface area (Å²) in [7, 11) is 0. The van der Waals surface area contributed by atoms with Crippen LogP contribution in [0.4, 0.5) is 0 Å². The average Bonchev–Trinajstić information content (AvgIpc) is 2.82. The first kappa shape index (κ1) is 12.3. The van der Waals surface area contributed by atoms with Crippen LogP contribution in [0.3, 0.4) is 0 Å². The molecular formula is C12H12N2OS2. The van der Waals surface area contributed by atoms with E-state index in [1.54, 1.807) is 0 Å². The number of hydrogen-bond donors (Lipinski definition) is 0. The molecule has 0 saturated heterocycles. The monoisotopic (exact) mass is 264 g/mol. The number of nitrogens with zero attached hydrogens (tertiary/aromatic N) is 2. The molecule has 0 spiro atoms. The van der Waals surface area contributed by atoms with Crippen LogP contribution in [-0.4, -0.2) is 20.4 Å². The SMILES string of the molecule is Cc1ccc(C(=O)C(C)Sc2ncns2)cc1. The molecule has 0 bridgehead atoms. The molecule has 0 amide bonds. The van der Waals surface area contributed by atoms with E-state index in [4.69, 9.17) is 0 Å². The smallest absolute Gasteiger partial charge is 0.175 e. The average molecular weight is 264 g/mol. The summed E-state index contributed by atoms with van der Waals surface area (Å²) < 4.78 is 4.75. The maximum absolute atomic E-state index is 12.1. The van der Waals surface area contributed by atoms with Gasteiger partial charge in [0.25, 0.3) is 0 Å². The van der Waals surface area contributed by atoms with E-state index in [9.17, 15) is 4.79 Å². The van der Waals surface area contributed by atoms with E-state index < -0.39 is 0 Å². The maximum Gasteiger partial charge on any atom is 0.175 e. The van der Waals surface area contributed by atoms with Crippen molar-refractivity contribution in [2.24, 2.45) is 0 Å². The Morgan fingerprint density at radius 1 is 1.35 bits per heavy atom. The van der Waals surface area contributed by atoms with E-state index in [1.165, 1.54) is 29.6 Å². The number of ketones is 1. The minimum atomic E-state index is -0.134. The molecule has 1 unspecified atom stereocenters. The van der Waals surface area contributed by atoms with Crippen LogP contribution in [-0.2, 0) is 0 Å². The Balaban J connectivity index is 2.07. The van der Waals surface area contributed by atoms with E-state index in [2.05, 4.69) is 9.36 Å². The van der Waals surface area contributed by atoms with E-state index in [-0.39, 0.29) is 11.0 Å². The zero-order valence-corrected chi connectivity index (χ0v) is 11.2. The molecule has 0 aliphatic carbocycles.